The molecule has 1 amide bonds. The van der Waals surface area contributed by atoms with Crippen LogP contribution in [0.25, 0.3) is 11.1 Å². The number of amides is 1. The molecule has 0 atom stereocenters. The van der Waals surface area contributed by atoms with Gasteiger partial charge in [-0.15, -0.1) is 0 Å². The van der Waals surface area contributed by atoms with E-state index < -0.39 is 11.7 Å². The molecular weight excluding hydrogens is 505 g/mol. The molecule has 210 valence electrons. The molecule has 0 bridgehead atoms. The summed E-state index contributed by atoms with van der Waals surface area (Å²) in [4.78, 5) is 16.7. The van der Waals surface area contributed by atoms with Gasteiger partial charge in [-0.3, -0.25) is 10.2 Å². The minimum absolute atomic E-state index is 0.0601. The van der Waals surface area contributed by atoms with Gasteiger partial charge in [0.2, 0.25) is 6.41 Å². The Kier molecular flexibility index (Phi) is 15.2. The third kappa shape index (κ3) is 10.9. The van der Waals surface area contributed by atoms with E-state index in [2.05, 4.69) is 32.9 Å². The second-order valence-electron chi connectivity index (χ2n) is 7.65. The number of carbonyl (C=O) groups is 1. The van der Waals surface area contributed by atoms with Crippen LogP contribution in [-0.4, -0.2) is 28.1 Å². The predicted molar refractivity (Wildman–Crippen MR) is 153 cm³/mol. The Morgan fingerprint density at radius 2 is 1.64 bits per heavy atom. The molecule has 10 heteroatoms. The van der Waals surface area contributed by atoms with Crippen molar-refractivity contribution in [3.63, 3.8) is 0 Å². The van der Waals surface area contributed by atoms with Crippen molar-refractivity contribution in [1.29, 1.82) is 5.41 Å². The van der Waals surface area contributed by atoms with Crippen LogP contribution >= 0.6 is 0 Å². The molecule has 0 aliphatic rings. The number of rotatable bonds is 4. The minimum Gasteiger partial charge on any atom is -0.383 e. The number of primary amides is 1. The SMILES string of the molecule is CC.CC.Cc1ccc(-c2cccc(C(F)(F)F)c2)cc1C#CC(=N)c1c(N)ncnc1NC(C)C.NC=O. The molecule has 0 unspecified atom stereocenters. The maximum Gasteiger partial charge on any atom is 0.416 e. The van der Waals surface area contributed by atoms with Gasteiger partial charge in [0.05, 0.1) is 11.1 Å². The first kappa shape index (κ1) is 34.6. The zero-order valence-electron chi connectivity index (χ0n) is 23.4. The molecule has 3 rings (SSSR count). The highest BCUT2D eigenvalue weighted by atomic mass is 19.4. The molecule has 1 heterocycles. The number of carbonyl (C=O) groups excluding carboxylic acids is 1. The van der Waals surface area contributed by atoms with Crippen LogP contribution in [-0.2, 0) is 11.0 Å². The Hall–Kier alpha value is -4.39. The molecule has 7 nitrogen and oxygen atoms in total. The minimum atomic E-state index is -4.42. The molecule has 2 aromatic carbocycles. The number of nitrogen functional groups attached to an aromatic ring is 1. The number of aryl methyl sites for hydroxylation is 1. The number of alkyl halides is 3. The fourth-order valence-corrected chi connectivity index (χ4v) is 3.03. The molecule has 0 spiro atoms. The van der Waals surface area contributed by atoms with Crippen molar-refractivity contribution in [2.45, 2.75) is 60.7 Å². The number of nitrogens with zero attached hydrogens (tertiary/aromatic N) is 2. The molecule has 0 aliphatic heterocycles. The lowest BCUT2D eigenvalue weighted by atomic mass is 9.98. The van der Waals surface area contributed by atoms with Crippen molar-refractivity contribution >= 4 is 23.8 Å². The van der Waals surface area contributed by atoms with Gasteiger partial charge < -0.3 is 16.8 Å². The summed E-state index contributed by atoms with van der Waals surface area (Å²) in [5, 5.41) is 11.5. The normalized spacial score (nSPS) is 9.72. The number of hydrogen-bond acceptors (Lipinski definition) is 6. The Morgan fingerprint density at radius 3 is 2.21 bits per heavy atom. The molecule has 0 saturated heterocycles. The van der Waals surface area contributed by atoms with Gasteiger partial charge in [0.1, 0.15) is 23.7 Å². The lowest BCUT2D eigenvalue weighted by Crippen LogP contribution is -2.16. The van der Waals surface area contributed by atoms with Gasteiger partial charge in [-0.1, -0.05) is 57.9 Å². The van der Waals surface area contributed by atoms with Crippen molar-refractivity contribution < 1.29 is 18.0 Å². The van der Waals surface area contributed by atoms with E-state index >= 15 is 0 Å². The summed E-state index contributed by atoms with van der Waals surface area (Å²) < 4.78 is 39.2. The van der Waals surface area contributed by atoms with E-state index in [1.165, 1.54) is 12.4 Å². The van der Waals surface area contributed by atoms with Crippen LogP contribution in [0.15, 0.2) is 48.8 Å². The van der Waals surface area contributed by atoms with Crippen LogP contribution in [0, 0.1) is 24.2 Å². The third-order valence-corrected chi connectivity index (χ3v) is 4.63. The molecule has 0 radical (unpaired) electrons. The van der Waals surface area contributed by atoms with Crippen molar-refractivity contribution in [1.82, 2.24) is 9.97 Å². The largest absolute Gasteiger partial charge is 0.416 e. The first-order chi connectivity index (χ1) is 18.5. The van der Waals surface area contributed by atoms with E-state index in [9.17, 15) is 13.2 Å². The fraction of sp³-hybridized carbons (Fsp3) is 0.310. The van der Waals surface area contributed by atoms with Crippen molar-refractivity contribution in [2.75, 3.05) is 11.1 Å². The smallest absolute Gasteiger partial charge is 0.383 e. The number of hydrogen-bond donors (Lipinski definition) is 4. The summed E-state index contributed by atoms with van der Waals surface area (Å²) in [6, 6.07) is 10.4. The van der Waals surface area contributed by atoms with Crippen LogP contribution in [0.4, 0.5) is 24.8 Å². The molecule has 39 heavy (non-hydrogen) atoms. The molecule has 0 fully saturated rings. The van der Waals surface area contributed by atoms with Gasteiger partial charge in [0.15, 0.2) is 0 Å². The number of nitrogens with two attached hydrogens (primary N) is 2. The number of halogens is 3. The highest BCUT2D eigenvalue weighted by molar-refractivity contribution is 6.16. The second kappa shape index (κ2) is 17.2. The van der Waals surface area contributed by atoms with Gasteiger partial charge in [-0.2, -0.15) is 13.2 Å². The topological polar surface area (TPSA) is 131 Å². The van der Waals surface area contributed by atoms with Gasteiger partial charge in [0.25, 0.3) is 0 Å². The van der Waals surface area contributed by atoms with Gasteiger partial charge in [-0.25, -0.2) is 9.97 Å². The van der Waals surface area contributed by atoms with Crippen LogP contribution in [0.2, 0.25) is 0 Å². The number of anilines is 2. The summed E-state index contributed by atoms with van der Waals surface area (Å²) in [6.07, 6.45) is -2.86. The van der Waals surface area contributed by atoms with E-state index in [1.54, 1.807) is 24.3 Å². The van der Waals surface area contributed by atoms with Crippen molar-refractivity contribution in [3.8, 4) is 23.0 Å². The zero-order chi connectivity index (χ0) is 30.2. The lowest BCUT2D eigenvalue weighted by Gasteiger charge is -2.13. The second-order valence-corrected chi connectivity index (χ2v) is 7.65. The summed E-state index contributed by atoms with van der Waals surface area (Å²) in [5.74, 6) is 6.27. The average molecular weight is 543 g/mol. The highest BCUT2D eigenvalue weighted by Crippen LogP contribution is 2.32. The Labute approximate surface area is 228 Å². The van der Waals surface area contributed by atoms with Crippen LogP contribution < -0.4 is 16.8 Å². The summed E-state index contributed by atoms with van der Waals surface area (Å²) in [6.45, 7) is 13.7. The van der Waals surface area contributed by atoms with E-state index in [1.807, 2.05) is 48.5 Å². The zero-order valence-corrected chi connectivity index (χ0v) is 23.4. The first-order valence-electron chi connectivity index (χ1n) is 12.4. The van der Waals surface area contributed by atoms with Gasteiger partial charge in [-0.05, 0) is 61.6 Å². The molecule has 0 aliphatic carbocycles. The Balaban J connectivity index is 0.00000189. The van der Waals surface area contributed by atoms with Crippen molar-refractivity contribution in [3.05, 3.63) is 71.0 Å². The Morgan fingerprint density at radius 1 is 1.05 bits per heavy atom. The molecule has 0 saturated carbocycles. The fourth-order valence-electron chi connectivity index (χ4n) is 3.03. The summed E-state index contributed by atoms with van der Waals surface area (Å²) in [5.41, 5.74) is 12.1. The first-order valence-corrected chi connectivity index (χ1v) is 12.4. The molecule has 6 N–H and O–H groups in total. The summed E-state index contributed by atoms with van der Waals surface area (Å²) in [7, 11) is 0. The quantitative estimate of drug-likeness (QED) is 0.171. The molecule has 1 aromatic heterocycles. The maximum absolute atomic E-state index is 13.1. The number of aromatic nitrogens is 2. The van der Waals surface area contributed by atoms with E-state index in [4.69, 9.17) is 15.9 Å². The van der Waals surface area contributed by atoms with E-state index in [-0.39, 0.29) is 24.0 Å². The standard InChI is InChI=1S/C24H22F3N5.2C2H6.CH3NO/c1-14(2)32-23-21(22(29)30-13-31-23)20(28)10-9-16-11-18(8-7-15(16)3)17-5-4-6-19(12-17)24(25,26)27;2*1-2;2-1-3/h4-8,11-14,28H,1-3H3,(H3,29,30,31,32);2*1-2H3;1H,(H2,2,3). The van der Waals surface area contributed by atoms with Crippen LogP contribution in [0.1, 0.15) is 63.8 Å². The number of benzene rings is 2. The monoisotopic (exact) mass is 542 g/mol. The Bertz CT molecular complexity index is 1280. The molecular formula is C29H37F3N6O. The van der Waals surface area contributed by atoms with Crippen molar-refractivity contribution in [2.24, 2.45) is 5.73 Å². The van der Waals surface area contributed by atoms with Gasteiger partial charge >= 0.3 is 6.18 Å². The highest BCUT2D eigenvalue weighted by Gasteiger charge is 2.30. The average Bonchev–Trinajstić information content (AvgIpc) is 2.90. The van der Waals surface area contributed by atoms with Gasteiger partial charge in [0, 0.05) is 11.6 Å². The summed E-state index contributed by atoms with van der Waals surface area (Å²) >= 11 is 0. The van der Waals surface area contributed by atoms with Crippen LogP contribution in [0.3, 0.4) is 0 Å². The van der Waals surface area contributed by atoms with E-state index in [0.29, 0.717) is 28.1 Å². The lowest BCUT2D eigenvalue weighted by molar-refractivity contribution is -0.137. The molecule has 3 aromatic rings. The third-order valence-electron chi connectivity index (χ3n) is 4.63. The van der Waals surface area contributed by atoms with E-state index in [0.717, 1.165) is 17.7 Å². The van der Waals surface area contributed by atoms with Crippen LogP contribution in [0.5, 0.6) is 0 Å². The predicted octanol–water partition coefficient (Wildman–Crippen LogP) is 6.45. The maximum atomic E-state index is 13.1. The number of nitrogens with one attached hydrogen (secondary N) is 2.